The zero-order valence-corrected chi connectivity index (χ0v) is 11.8. The van der Waals surface area contributed by atoms with E-state index in [-0.39, 0.29) is 5.78 Å². The van der Waals surface area contributed by atoms with Gasteiger partial charge in [-0.3, -0.25) is 4.79 Å². The van der Waals surface area contributed by atoms with E-state index < -0.39 is 0 Å². The maximum absolute atomic E-state index is 11.5. The number of carbonyl (C=O) groups excluding carboxylic acids is 1. The molecule has 0 fully saturated rings. The Balaban J connectivity index is 2.19. The van der Waals surface area contributed by atoms with E-state index in [9.17, 15) is 4.79 Å². The predicted octanol–water partition coefficient (Wildman–Crippen LogP) is 5.38. The molecule has 2 rings (SSSR count). The van der Waals surface area contributed by atoms with Crippen LogP contribution in [0.15, 0.2) is 42.5 Å². The molecule has 0 unspecified atom stereocenters. The van der Waals surface area contributed by atoms with Crippen LogP contribution in [0, 0.1) is 0 Å². The molecule has 0 bridgehead atoms. The molecule has 0 aromatic heterocycles. The van der Waals surface area contributed by atoms with Crippen LogP contribution in [0.25, 0.3) is 0 Å². The second-order valence-electron chi connectivity index (χ2n) is 3.98. The minimum absolute atomic E-state index is 0.104. The maximum atomic E-state index is 11.5. The van der Waals surface area contributed by atoms with Crippen LogP contribution < -0.4 is 4.74 Å². The van der Waals surface area contributed by atoms with Gasteiger partial charge in [-0.25, -0.2) is 0 Å². The highest BCUT2D eigenvalue weighted by molar-refractivity contribution is 6.34. The molecule has 0 saturated heterocycles. The number of rotatable bonds is 4. The average molecular weight is 295 g/mol. The van der Waals surface area contributed by atoms with Gasteiger partial charge in [0.25, 0.3) is 0 Å². The fourth-order valence-electron chi connectivity index (χ4n) is 1.60. The Labute approximate surface area is 121 Å². The molecule has 2 aromatic rings. The van der Waals surface area contributed by atoms with Crippen molar-refractivity contribution in [3.8, 4) is 11.5 Å². The Morgan fingerprint density at radius 2 is 1.79 bits per heavy atom. The van der Waals surface area contributed by atoms with Gasteiger partial charge in [-0.05, 0) is 36.4 Å². The molecular formula is C15H12Cl2O2. The highest BCUT2D eigenvalue weighted by atomic mass is 35.5. The van der Waals surface area contributed by atoms with Crippen LogP contribution in [-0.2, 0) is 0 Å². The molecule has 0 amide bonds. The van der Waals surface area contributed by atoms with Crippen molar-refractivity contribution in [1.82, 2.24) is 0 Å². The van der Waals surface area contributed by atoms with Crippen LogP contribution in [0.3, 0.4) is 0 Å². The summed E-state index contributed by atoms with van der Waals surface area (Å²) in [6, 6.07) is 12.0. The van der Waals surface area contributed by atoms with Crippen molar-refractivity contribution in [2.24, 2.45) is 0 Å². The third-order valence-electron chi connectivity index (χ3n) is 2.62. The fourth-order valence-corrected chi connectivity index (χ4v) is 1.91. The van der Waals surface area contributed by atoms with E-state index in [1.165, 1.54) is 0 Å². The van der Waals surface area contributed by atoms with E-state index in [0.29, 0.717) is 33.5 Å². The topological polar surface area (TPSA) is 26.3 Å². The van der Waals surface area contributed by atoms with E-state index >= 15 is 0 Å². The molecule has 0 N–H and O–H groups in total. The van der Waals surface area contributed by atoms with E-state index in [1.807, 2.05) is 6.92 Å². The maximum Gasteiger partial charge on any atom is 0.162 e. The Kier molecular flexibility index (Phi) is 4.46. The first-order chi connectivity index (χ1) is 9.10. The third-order valence-corrected chi connectivity index (χ3v) is 3.17. The van der Waals surface area contributed by atoms with Crippen LogP contribution in [-0.4, -0.2) is 5.78 Å². The van der Waals surface area contributed by atoms with Crippen molar-refractivity contribution in [3.05, 3.63) is 58.1 Å². The van der Waals surface area contributed by atoms with Gasteiger partial charge in [-0.2, -0.15) is 0 Å². The first-order valence-corrected chi connectivity index (χ1v) is 6.62. The van der Waals surface area contributed by atoms with Gasteiger partial charge in [0.05, 0.1) is 5.02 Å². The number of hydrogen-bond acceptors (Lipinski definition) is 2. The molecule has 0 atom stereocenters. The summed E-state index contributed by atoms with van der Waals surface area (Å²) in [4.78, 5) is 11.5. The predicted molar refractivity (Wildman–Crippen MR) is 77.6 cm³/mol. The van der Waals surface area contributed by atoms with Gasteiger partial charge in [-0.15, -0.1) is 0 Å². The summed E-state index contributed by atoms with van der Waals surface area (Å²) < 4.78 is 5.63. The van der Waals surface area contributed by atoms with Crippen molar-refractivity contribution in [1.29, 1.82) is 0 Å². The lowest BCUT2D eigenvalue weighted by Gasteiger charge is -2.08. The summed E-state index contributed by atoms with van der Waals surface area (Å²) >= 11 is 11.9. The normalized spacial score (nSPS) is 10.3. The van der Waals surface area contributed by atoms with Gasteiger partial charge in [0, 0.05) is 23.1 Å². The molecular weight excluding hydrogens is 283 g/mol. The molecule has 98 valence electrons. The third kappa shape index (κ3) is 3.49. The standard InChI is InChI=1S/C15H12Cl2O2/c1-2-14(18)10-3-6-12(7-4-10)19-15-9-11(16)5-8-13(15)17/h3-9H,2H2,1H3. The van der Waals surface area contributed by atoms with Crippen LogP contribution in [0.1, 0.15) is 23.7 Å². The number of benzene rings is 2. The molecule has 0 heterocycles. The lowest BCUT2D eigenvalue weighted by Crippen LogP contribution is -1.95. The highest BCUT2D eigenvalue weighted by Crippen LogP contribution is 2.31. The Bertz CT molecular complexity index is 592. The Morgan fingerprint density at radius 1 is 1.11 bits per heavy atom. The van der Waals surface area contributed by atoms with Crippen molar-refractivity contribution in [2.45, 2.75) is 13.3 Å². The van der Waals surface area contributed by atoms with Crippen LogP contribution >= 0.6 is 23.2 Å². The monoisotopic (exact) mass is 294 g/mol. The second-order valence-corrected chi connectivity index (χ2v) is 4.82. The van der Waals surface area contributed by atoms with E-state index in [0.717, 1.165) is 0 Å². The lowest BCUT2D eigenvalue weighted by atomic mass is 10.1. The van der Waals surface area contributed by atoms with Crippen molar-refractivity contribution in [3.63, 3.8) is 0 Å². The Hall–Kier alpha value is -1.51. The smallest absolute Gasteiger partial charge is 0.162 e. The van der Waals surface area contributed by atoms with Crippen LogP contribution in [0.2, 0.25) is 10.0 Å². The first-order valence-electron chi connectivity index (χ1n) is 5.86. The Morgan fingerprint density at radius 3 is 2.42 bits per heavy atom. The fraction of sp³-hybridized carbons (Fsp3) is 0.133. The average Bonchev–Trinajstić information content (AvgIpc) is 2.43. The molecule has 0 aliphatic carbocycles. The first kappa shape index (κ1) is 13.9. The van der Waals surface area contributed by atoms with Crippen LogP contribution in [0.4, 0.5) is 0 Å². The summed E-state index contributed by atoms with van der Waals surface area (Å²) in [6.07, 6.45) is 0.486. The van der Waals surface area contributed by atoms with Gasteiger partial charge < -0.3 is 4.74 Å². The largest absolute Gasteiger partial charge is 0.456 e. The summed E-state index contributed by atoms with van der Waals surface area (Å²) in [5.41, 5.74) is 0.673. The number of ether oxygens (including phenoxy) is 1. The molecule has 2 aromatic carbocycles. The van der Waals surface area contributed by atoms with Gasteiger partial charge in [0.2, 0.25) is 0 Å². The SMILES string of the molecule is CCC(=O)c1ccc(Oc2cc(Cl)ccc2Cl)cc1. The zero-order chi connectivity index (χ0) is 13.8. The number of ketones is 1. The molecule has 0 aliphatic rings. The molecule has 4 heteroatoms. The second kappa shape index (κ2) is 6.09. The lowest BCUT2D eigenvalue weighted by molar-refractivity contribution is 0.0988. The van der Waals surface area contributed by atoms with E-state index in [1.54, 1.807) is 42.5 Å². The number of Topliss-reactive ketones (excluding diaryl/α,β-unsaturated/α-hetero) is 1. The van der Waals surface area contributed by atoms with E-state index in [4.69, 9.17) is 27.9 Å². The molecule has 0 radical (unpaired) electrons. The molecule has 19 heavy (non-hydrogen) atoms. The molecule has 0 spiro atoms. The summed E-state index contributed by atoms with van der Waals surface area (Å²) in [5.74, 6) is 1.20. The molecule has 2 nitrogen and oxygen atoms in total. The summed E-state index contributed by atoms with van der Waals surface area (Å²) in [7, 11) is 0. The summed E-state index contributed by atoms with van der Waals surface area (Å²) in [5, 5.41) is 1.04. The van der Waals surface area contributed by atoms with Crippen LogP contribution in [0.5, 0.6) is 11.5 Å². The number of halogens is 2. The molecule has 0 saturated carbocycles. The quantitative estimate of drug-likeness (QED) is 0.708. The highest BCUT2D eigenvalue weighted by Gasteiger charge is 2.06. The van der Waals surface area contributed by atoms with Gasteiger partial charge in [0.1, 0.15) is 11.5 Å². The van der Waals surface area contributed by atoms with Crippen molar-refractivity contribution >= 4 is 29.0 Å². The zero-order valence-electron chi connectivity index (χ0n) is 10.3. The minimum Gasteiger partial charge on any atom is -0.456 e. The number of hydrogen-bond donors (Lipinski definition) is 0. The van der Waals surface area contributed by atoms with E-state index in [2.05, 4.69) is 0 Å². The van der Waals surface area contributed by atoms with Gasteiger partial charge in [-0.1, -0.05) is 30.1 Å². The number of carbonyl (C=O) groups is 1. The van der Waals surface area contributed by atoms with Gasteiger partial charge in [0.15, 0.2) is 5.78 Å². The molecule has 0 aliphatic heterocycles. The summed E-state index contributed by atoms with van der Waals surface area (Å²) in [6.45, 7) is 1.83. The minimum atomic E-state index is 0.104. The van der Waals surface area contributed by atoms with Crippen molar-refractivity contribution in [2.75, 3.05) is 0 Å². The van der Waals surface area contributed by atoms with Crippen molar-refractivity contribution < 1.29 is 9.53 Å². The van der Waals surface area contributed by atoms with Gasteiger partial charge >= 0.3 is 0 Å².